The Morgan fingerprint density at radius 1 is 1.12 bits per heavy atom. The number of carbonyl (C=O) groups excluding carboxylic acids is 1. The molecule has 0 spiro atoms. The first-order valence-electron chi connectivity index (χ1n) is 6.79. The van der Waals surface area contributed by atoms with E-state index in [0.717, 1.165) is 12.1 Å². The van der Waals surface area contributed by atoms with Gasteiger partial charge in [0.2, 0.25) is 0 Å². The second-order valence-corrected chi connectivity index (χ2v) is 5.67. The van der Waals surface area contributed by atoms with Crippen molar-refractivity contribution in [2.24, 2.45) is 0 Å². The van der Waals surface area contributed by atoms with Gasteiger partial charge in [-0.1, -0.05) is 0 Å². The molecule has 1 amide bonds. The van der Waals surface area contributed by atoms with Gasteiger partial charge in [0.15, 0.2) is 16.8 Å². The Kier molecular flexibility index (Phi) is 4.31. The Bertz CT molecular complexity index is 945. The fraction of sp³-hybridized carbons (Fsp3) is 0. The van der Waals surface area contributed by atoms with Crippen LogP contribution in [0.1, 0.15) is 15.9 Å². The molecule has 3 aromatic rings. The van der Waals surface area contributed by atoms with E-state index >= 15 is 0 Å². The Hall–Kier alpha value is -3.11. The maximum atomic E-state index is 13.3. The molecule has 0 aliphatic rings. The number of hydrogen-bond acceptors (Lipinski definition) is 4. The average Bonchev–Trinajstić information content (AvgIpc) is 3.06. The molecule has 0 unspecified atom stereocenters. The summed E-state index contributed by atoms with van der Waals surface area (Å²) in [6.45, 7) is 0. The fourth-order valence-electron chi connectivity index (χ4n) is 1.98. The molecule has 2 aromatic carbocycles. The number of aromatic nitrogens is 1. The molecule has 0 bridgehead atoms. The van der Waals surface area contributed by atoms with Crippen LogP contribution in [0.2, 0.25) is 0 Å². The predicted molar refractivity (Wildman–Crippen MR) is 86.6 cm³/mol. The van der Waals surface area contributed by atoms with Crippen LogP contribution in [0, 0.1) is 23.0 Å². The molecule has 1 aromatic heterocycles. The third-order valence-corrected chi connectivity index (χ3v) is 3.97. The van der Waals surface area contributed by atoms with Crippen LogP contribution in [-0.2, 0) is 0 Å². The highest BCUT2D eigenvalue weighted by Crippen LogP contribution is 2.26. The summed E-state index contributed by atoms with van der Waals surface area (Å²) < 4.78 is 26.2. The quantitative estimate of drug-likeness (QED) is 0.776. The Balaban J connectivity index is 1.76. The lowest BCUT2D eigenvalue weighted by molar-refractivity contribution is 0.102. The van der Waals surface area contributed by atoms with Crippen molar-refractivity contribution in [2.45, 2.75) is 0 Å². The maximum absolute atomic E-state index is 13.3. The van der Waals surface area contributed by atoms with Crippen LogP contribution in [0.4, 0.5) is 13.9 Å². The van der Waals surface area contributed by atoms with Crippen molar-refractivity contribution in [1.29, 1.82) is 5.26 Å². The van der Waals surface area contributed by atoms with Gasteiger partial charge in [0.05, 0.1) is 17.3 Å². The molecule has 1 N–H and O–H groups in total. The molecule has 24 heavy (non-hydrogen) atoms. The number of hydrogen-bond donors (Lipinski definition) is 1. The number of halogens is 2. The van der Waals surface area contributed by atoms with E-state index in [4.69, 9.17) is 5.26 Å². The highest BCUT2D eigenvalue weighted by molar-refractivity contribution is 7.14. The van der Waals surface area contributed by atoms with Crippen molar-refractivity contribution in [3.8, 4) is 17.3 Å². The highest BCUT2D eigenvalue weighted by atomic mass is 32.1. The monoisotopic (exact) mass is 341 g/mol. The lowest BCUT2D eigenvalue weighted by atomic mass is 10.1. The third-order valence-electron chi connectivity index (χ3n) is 3.22. The predicted octanol–water partition coefficient (Wildman–Crippen LogP) is 4.21. The molecule has 0 saturated carbocycles. The second kappa shape index (κ2) is 6.56. The second-order valence-electron chi connectivity index (χ2n) is 4.81. The zero-order valence-corrected chi connectivity index (χ0v) is 12.9. The number of amides is 1. The van der Waals surface area contributed by atoms with Crippen LogP contribution in [0.3, 0.4) is 0 Å². The summed E-state index contributed by atoms with van der Waals surface area (Å²) in [5.41, 5.74) is 1.71. The molecule has 0 radical (unpaired) electrons. The van der Waals surface area contributed by atoms with Crippen LogP contribution in [-0.4, -0.2) is 10.9 Å². The van der Waals surface area contributed by atoms with E-state index in [-0.39, 0.29) is 5.91 Å². The van der Waals surface area contributed by atoms with Gasteiger partial charge in [-0.25, -0.2) is 13.8 Å². The van der Waals surface area contributed by atoms with Gasteiger partial charge in [-0.3, -0.25) is 10.1 Å². The van der Waals surface area contributed by atoms with E-state index in [9.17, 15) is 13.6 Å². The standard InChI is InChI=1S/C17H9F2N3OS/c18-13-6-5-12(7-14(13)19)15-9-24-17(21-15)22-16(23)11-3-1-10(8-20)2-4-11/h1-7,9H,(H,21,22,23). The Labute approximate surface area is 140 Å². The minimum Gasteiger partial charge on any atom is -0.298 e. The summed E-state index contributed by atoms with van der Waals surface area (Å²) in [7, 11) is 0. The summed E-state index contributed by atoms with van der Waals surface area (Å²) in [6, 6.07) is 11.6. The first kappa shape index (κ1) is 15.8. The minimum absolute atomic E-state index is 0.337. The molecule has 1 heterocycles. The number of carbonyl (C=O) groups is 1. The van der Waals surface area contributed by atoms with Gasteiger partial charge < -0.3 is 0 Å². The zero-order chi connectivity index (χ0) is 17.1. The van der Waals surface area contributed by atoms with Gasteiger partial charge in [-0.05, 0) is 42.5 Å². The first-order chi connectivity index (χ1) is 11.6. The van der Waals surface area contributed by atoms with Crippen LogP contribution in [0.5, 0.6) is 0 Å². The summed E-state index contributed by atoms with van der Waals surface area (Å²) in [5.74, 6) is -2.25. The molecule has 0 aliphatic carbocycles. The number of rotatable bonds is 3. The van der Waals surface area contributed by atoms with Crippen LogP contribution < -0.4 is 5.32 Å². The molecule has 118 valence electrons. The summed E-state index contributed by atoms with van der Waals surface area (Å²) >= 11 is 1.17. The summed E-state index contributed by atoms with van der Waals surface area (Å²) in [6.07, 6.45) is 0. The van der Waals surface area contributed by atoms with Gasteiger partial charge in [-0.15, -0.1) is 11.3 Å². The zero-order valence-electron chi connectivity index (χ0n) is 12.1. The Morgan fingerprint density at radius 3 is 2.54 bits per heavy atom. The number of benzene rings is 2. The van der Waals surface area contributed by atoms with Gasteiger partial charge in [0.1, 0.15) is 0 Å². The van der Waals surface area contributed by atoms with E-state index in [2.05, 4.69) is 10.3 Å². The smallest absolute Gasteiger partial charge is 0.257 e. The number of nitriles is 1. The lowest BCUT2D eigenvalue weighted by Gasteiger charge is -2.01. The molecule has 7 heteroatoms. The summed E-state index contributed by atoms with van der Waals surface area (Å²) in [4.78, 5) is 16.3. The number of nitrogens with zero attached hydrogens (tertiary/aromatic N) is 2. The number of anilines is 1. The average molecular weight is 341 g/mol. The molecular formula is C17H9F2N3OS. The largest absolute Gasteiger partial charge is 0.298 e. The number of nitrogens with one attached hydrogen (secondary N) is 1. The SMILES string of the molecule is N#Cc1ccc(C(=O)Nc2nc(-c3ccc(F)c(F)c3)cs2)cc1. The third kappa shape index (κ3) is 3.29. The summed E-state index contributed by atoms with van der Waals surface area (Å²) in [5, 5.41) is 13.3. The molecule has 3 rings (SSSR count). The van der Waals surface area contributed by atoms with Gasteiger partial charge in [0.25, 0.3) is 5.91 Å². The van der Waals surface area contributed by atoms with Crippen LogP contribution in [0.15, 0.2) is 47.8 Å². The van der Waals surface area contributed by atoms with Crippen molar-refractivity contribution in [3.63, 3.8) is 0 Å². The first-order valence-corrected chi connectivity index (χ1v) is 7.67. The van der Waals surface area contributed by atoms with Crippen molar-refractivity contribution >= 4 is 22.4 Å². The normalized spacial score (nSPS) is 10.2. The molecule has 0 fully saturated rings. The molecule has 0 saturated heterocycles. The van der Waals surface area contributed by atoms with Crippen molar-refractivity contribution in [2.75, 3.05) is 5.32 Å². The van der Waals surface area contributed by atoms with Crippen molar-refractivity contribution < 1.29 is 13.6 Å². The van der Waals surface area contributed by atoms with Gasteiger partial charge in [-0.2, -0.15) is 5.26 Å². The Morgan fingerprint density at radius 2 is 1.88 bits per heavy atom. The van der Waals surface area contributed by atoms with Gasteiger partial charge >= 0.3 is 0 Å². The molecule has 4 nitrogen and oxygen atoms in total. The van der Waals surface area contributed by atoms with Crippen molar-refractivity contribution in [1.82, 2.24) is 4.98 Å². The molecular weight excluding hydrogens is 332 g/mol. The number of thiazole rings is 1. The maximum Gasteiger partial charge on any atom is 0.257 e. The molecule has 0 aliphatic heterocycles. The lowest BCUT2D eigenvalue weighted by Crippen LogP contribution is -2.11. The van der Waals surface area contributed by atoms with E-state index in [1.165, 1.54) is 29.5 Å². The van der Waals surface area contributed by atoms with Crippen molar-refractivity contribution in [3.05, 3.63) is 70.6 Å². The van der Waals surface area contributed by atoms with E-state index in [1.54, 1.807) is 17.5 Å². The van der Waals surface area contributed by atoms with E-state index in [1.807, 2.05) is 6.07 Å². The van der Waals surface area contributed by atoms with E-state index in [0.29, 0.717) is 27.5 Å². The minimum atomic E-state index is -0.955. The van der Waals surface area contributed by atoms with Crippen LogP contribution >= 0.6 is 11.3 Å². The highest BCUT2D eigenvalue weighted by Gasteiger charge is 2.11. The fourth-order valence-corrected chi connectivity index (χ4v) is 2.70. The topological polar surface area (TPSA) is 65.8 Å². The van der Waals surface area contributed by atoms with Gasteiger partial charge in [0, 0.05) is 16.5 Å². The molecule has 0 atom stereocenters. The van der Waals surface area contributed by atoms with E-state index < -0.39 is 11.6 Å². The van der Waals surface area contributed by atoms with Crippen LogP contribution in [0.25, 0.3) is 11.3 Å².